The summed E-state index contributed by atoms with van der Waals surface area (Å²) in [6.07, 6.45) is -0.417. The molecule has 0 aliphatic heterocycles. The Morgan fingerprint density at radius 2 is 2.07 bits per heavy atom. The Labute approximate surface area is 93.7 Å². The van der Waals surface area contributed by atoms with E-state index in [1.54, 1.807) is 6.92 Å². The summed E-state index contributed by atoms with van der Waals surface area (Å²) in [6, 6.07) is 4.74. The van der Waals surface area contributed by atoms with Crippen LogP contribution in [0.3, 0.4) is 0 Å². The van der Waals surface area contributed by atoms with Crippen molar-refractivity contribution in [3.05, 3.63) is 29.6 Å². The van der Waals surface area contributed by atoms with Gasteiger partial charge in [0.1, 0.15) is 5.82 Å². The van der Waals surface area contributed by atoms with Crippen molar-refractivity contribution < 1.29 is 9.50 Å². The topological polar surface area (TPSA) is 46.2 Å². The van der Waals surface area contributed by atoms with Crippen LogP contribution in [0.15, 0.2) is 23.1 Å². The highest BCUT2D eigenvalue weighted by molar-refractivity contribution is 8.00. The number of hydrogen-bond acceptors (Lipinski definition) is 3. The number of nitrogens with two attached hydrogens (primary N) is 1. The highest BCUT2D eigenvalue weighted by Crippen LogP contribution is 2.26. The van der Waals surface area contributed by atoms with E-state index in [0.29, 0.717) is 6.54 Å². The standard InChI is InChI=1S/C11H16FNOS/c1-7(14)8(2)15-11-4-9(6-13)3-10(12)5-11/h3-5,7-8,14H,6,13H2,1-2H3. The lowest BCUT2D eigenvalue weighted by Crippen LogP contribution is -2.14. The van der Waals surface area contributed by atoms with E-state index in [1.165, 1.54) is 23.9 Å². The molecule has 0 saturated heterocycles. The van der Waals surface area contributed by atoms with Crippen molar-refractivity contribution >= 4 is 11.8 Å². The van der Waals surface area contributed by atoms with Crippen molar-refractivity contribution in [1.82, 2.24) is 0 Å². The molecule has 2 atom stereocenters. The summed E-state index contributed by atoms with van der Waals surface area (Å²) in [6.45, 7) is 3.96. The summed E-state index contributed by atoms with van der Waals surface area (Å²) < 4.78 is 13.1. The predicted molar refractivity (Wildman–Crippen MR) is 61.3 cm³/mol. The van der Waals surface area contributed by atoms with Crippen LogP contribution in [0.2, 0.25) is 0 Å². The molecule has 2 nitrogen and oxygen atoms in total. The maximum Gasteiger partial charge on any atom is 0.124 e. The molecule has 4 heteroatoms. The second-order valence-corrected chi connectivity index (χ2v) is 5.01. The van der Waals surface area contributed by atoms with Gasteiger partial charge in [0.2, 0.25) is 0 Å². The average molecular weight is 229 g/mol. The van der Waals surface area contributed by atoms with Crippen LogP contribution in [-0.4, -0.2) is 16.5 Å². The number of benzene rings is 1. The Morgan fingerprint density at radius 1 is 1.40 bits per heavy atom. The van der Waals surface area contributed by atoms with Crippen LogP contribution in [0.25, 0.3) is 0 Å². The van der Waals surface area contributed by atoms with Gasteiger partial charge in [-0.1, -0.05) is 6.92 Å². The molecule has 0 heterocycles. The van der Waals surface area contributed by atoms with E-state index in [-0.39, 0.29) is 11.1 Å². The summed E-state index contributed by atoms with van der Waals surface area (Å²) in [4.78, 5) is 0.809. The molecule has 2 unspecified atom stereocenters. The first-order valence-electron chi connectivity index (χ1n) is 4.87. The fourth-order valence-electron chi connectivity index (χ4n) is 1.12. The average Bonchev–Trinajstić information content (AvgIpc) is 2.16. The highest BCUT2D eigenvalue weighted by Gasteiger charge is 2.11. The zero-order valence-electron chi connectivity index (χ0n) is 8.90. The monoisotopic (exact) mass is 229 g/mol. The number of aliphatic hydroxyl groups is 1. The summed E-state index contributed by atoms with van der Waals surface area (Å²) in [5.74, 6) is -0.279. The van der Waals surface area contributed by atoms with Crippen molar-refractivity contribution in [2.75, 3.05) is 0 Å². The highest BCUT2D eigenvalue weighted by atomic mass is 32.2. The molecule has 0 bridgehead atoms. The van der Waals surface area contributed by atoms with Gasteiger partial charge < -0.3 is 10.8 Å². The van der Waals surface area contributed by atoms with Gasteiger partial charge in [-0.2, -0.15) is 0 Å². The van der Waals surface area contributed by atoms with Gasteiger partial charge in [-0.15, -0.1) is 11.8 Å². The smallest absolute Gasteiger partial charge is 0.124 e. The number of aliphatic hydroxyl groups excluding tert-OH is 1. The molecular formula is C11H16FNOS. The molecule has 15 heavy (non-hydrogen) atoms. The molecule has 0 fully saturated rings. The molecule has 84 valence electrons. The molecule has 0 saturated carbocycles. The van der Waals surface area contributed by atoms with Crippen molar-refractivity contribution in [1.29, 1.82) is 0 Å². The molecule has 0 radical (unpaired) electrons. The van der Waals surface area contributed by atoms with Crippen LogP contribution in [0.5, 0.6) is 0 Å². The van der Waals surface area contributed by atoms with Crippen molar-refractivity contribution in [2.45, 2.75) is 36.6 Å². The molecular weight excluding hydrogens is 213 g/mol. The van der Waals surface area contributed by atoms with E-state index in [1.807, 2.05) is 13.0 Å². The molecule has 0 amide bonds. The minimum absolute atomic E-state index is 0.0393. The number of hydrogen-bond donors (Lipinski definition) is 2. The van der Waals surface area contributed by atoms with E-state index in [9.17, 15) is 9.50 Å². The minimum atomic E-state index is -0.417. The Hall–Kier alpha value is -0.580. The quantitative estimate of drug-likeness (QED) is 0.778. The van der Waals surface area contributed by atoms with Gasteiger partial charge in [0.15, 0.2) is 0 Å². The van der Waals surface area contributed by atoms with E-state index in [4.69, 9.17) is 5.73 Å². The lowest BCUT2D eigenvalue weighted by molar-refractivity contribution is 0.196. The van der Waals surface area contributed by atoms with E-state index >= 15 is 0 Å². The van der Waals surface area contributed by atoms with Gasteiger partial charge in [0.25, 0.3) is 0 Å². The first kappa shape index (κ1) is 12.5. The van der Waals surface area contributed by atoms with Crippen LogP contribution in [0.1, 0.15) is 19.4 Å². The summed E-state index contributed by atoms with van der Waals surface area (Å²) in [7, 11) is 0. The largest absolute Gasteiger partial charge is 0.392 e. The van der Waals surface area contributed by atoms with E-state index < -0.39 is 6.10 Å². The Bertz CT molecular complexity index is 330. The Morgan fingerprint density at radius 3 is 2.60 bits per heavy atom. The third-order valence-corrected chi connectivity index (χ3v) is 3.44. The summed E-state index contributed by atoms with van der Waals surface area (Å²) >= 11 is 1.45. The maximum absolute atomic E-state index is 13.1. The fourth-order valence-corrected chi connectivity index (χ4v) is 2.15. The fraction of sp³-hybridized carbons (Fsp3) is 0.455. The minimum Gasteiger partial charge on any atom is -0.392 e. The molecule has 1 rings (SSSR count). The molecule has 0 aromatic heterocycles. The van der Waals surface area contributed by atoms with E-state index in [0.717, 1.165) is 10.5 Å². The van der Waals surface area contributed by atoms with Gasteiger partial charge in [0, 0.05) is 16.7 Å². The number of rotatable bonds is 4. The summed E-state index contributed by atoms with van der Waals surface area (Å²) in [5, 5.41) is 9.38. The zero-order valence-corrected chi connectivity index (χ0v) is 9.72. The first-order chi connectivity index (χ1) is 7.02. The van der Waals surface area contributed by atoms with Crippen LogP contribution in [0.4, 0.5) is 4.39 Å². The van der Waals surface area contributed by atoms with Crippen molar-refractivity contribution in [3.63, 3.8) is 0 Å². The molecule has 1 aromatic carbocycles. The lowest BCUT2D eigenvalue weighted by atomic mass is 10.2. The first-order valence-corrected chi connectivity index (χ1v) is 5.75. The maximum atomic E-state index is 13.1. The van der Waals surface area contributed by atoms with Gasteiger partial charge in [-0.25, -0.2) is 4.39 Å². The molecule has 1 aromatic rings. The van der Waals surface area contributed by atoms with Crippen LogP contribution < -0.4 is 5.73 Å². The predicted octanol–water partition coefficient (Wildman–Crippen LogP) is 2.15. The third-order valence-electron chi connectivity index (χ3n) is 2.17. The van der Waals surface area contributed by atoms with Crippen molar-refractivity contribution in [3.8, 4) is 0 Å². The normalized spacial score (nSPS) is 15.0. The van der Waals surface area contributed by atoms with Crippen LogP contribution in [-0.2, 0) is 6.54 Å². The third kappa shape index (κ3) is 3.81. The molecule has 0 aliphatic carbocycles. The summed E-state index contributed by atoms with van der Waals surface area (Å²) in [5.41, 5.74) is 6.23. The lowest BCUT2D eigenvalue weighted by Gasteiger charge is -2.14. The van der Waals surface area contributed by atoms with Crippen molar-refractivity contribution in [2.24, 2.45) is 5.73 Å². The Balaban J connectivity index is 2.80. The Kier molecular flexibility index (Phi) is 4.57. The van der Waals surface area contributed by atoms with E-state index in [2.05, 4.69) is 0 Å². The number of halogens is 1. The molecule has 0 aliphatic rings. The second-order valence-electron chi connectivity index (χ2n) is 3.56. The zero-order chi connectivity index (χ0) is 11.4. The number of thioether (sulfide) groups is 1. The molecule has 3 N–H and O–H groups in total. The second kappa shape index (κ2) is 5.49. The van der Waals surface area contributed by atoms with Gasteiger partial charge in [-0.3, -0.25) is 0 Å². The SMILES string of the molecule is CC(O)C(C)Sc1cc(F)cc(CN)c1. The van der Waals surface area contributed by atoms with Gasteiger partial charge >= 0.3 is 0 Å². The van der Waals surface area contributed by atoms with Gasteiger partial charge in [-0.05, 0) is 30.7 Å². The molecule has 0 spiro atoms. The van der Waals surface area contributed by atoms with Gasteiger partial charge in [0.05, 0.1) is 6.10 Å². The van der Waals surface area contributed by atoms with Crippen LogP contribution >= 0.6 is 11.8 Å². The van der Waals surface area contributed by atoms with Crippen LogP contribution in [0, 0.1) is 5.82 Å².